The second-order valence-electron chi connectivity index (χ2n) is 7.02. The van der Waals surface area contributed by atoms with Crippen LogP contribution in [-0.2, 0) is 4.79 Å². The van der Waals surface area contributed by atoms with Crippen LogP contribution in [0, 0.1) is 11.6 Å². The number of carboxylic acid groups (broad SMARTS) is 1. The molecule has 8 nitrogen and oxygen atoms in total. The third-order valence-corrected chi connectivity index (χ3v) is 4.61. The number of halogens is 2. The van der Waals surface area contributed by atoms with E-state index in [0.29, 0.717) is 22.3 Å². The molecule has 0 spiro atoms. The Morgan fingerprint density at radius 2 is 1.45 bits per heavy atom. The summed E-state index contributed by atoms with van der Waals surface area (Å²) in [5.41, 5.74) is 2.08. The molecule has 0 aromatic heterocycles. The number of rotatable bonds is 9. The van der Waals surface area contributed by atoms with Gasteiger partial charge in [0, 0.05) is 24.4 Å². The van der Waals surface area contributed by atoms with Crippen molar-refractivity contribution in [2.45, 2.75) is 31.2 Å². The van der Waals surface area contributed by atoms with Crippen LogP contribution in [0.25, 0.3) is 5.57 Å². The smallest absolute Gasteiger partial charge is 0.550 e. The summed E-state index contributed by atoms with van der Waals surface area (Å²) in [6.07, 6.45) is -1.40. The molecule has 0 fully saturated rings. The predicted octanol–water partition coefficient (Wildman–Crippen LogP) is -0.262. The average molecular weight is 464 g/mol. The standard InChI is InChI=1S/C22H20F2N4O4.Na/c23-15-5-1-13(2-6-15)21(14-3-7-16(24)8-4-14)19(22-25-27-28-26-22)10-9-17(29)11-18(30)12-20(31)32;/h1-10,17-18,22,29-30H,11-12H2,(H,31,32);/q;+1/p-1/b10-9+;/t17-,18-;/m1./s1. The maximum Gasteiger partial charge on any atom is 1.00 e. The van der Waals surface area contributed by atoms with Gasteiger partial charge in [0.2, 0.25) is 6.17 Å². The van der Waals surface area contributed by atoms with Crippen molar-refractivity contribution in [3.63, 3.8) is 0 Å². The van der Waals surface area contributed by atoms with E-state index in [1.165, 1.54) is 60.7 Å². The van der Waals surface area contributed by atoms with Crippen LogP contribution in [-0.4, -0.2) is 34.6 Å². The molecule has 0 aliphatic carbocycles. The molecule has 2 atom stereocenters. The first-order valence-electron chi connectivity index (χ1n) is 9.63. The molecule has 166 valence electrons. The first kappa shape index (κ1) is 26.6. The van der Waals surface area contributed by atoms with Gasteiger partial charge < -0.3 is 20.1 Å². The molecule has 0 saturated heterocycles. The number of aliphatic hydroxyl groups excluding tert-OH is 2. The maximum atomic E-state index is 13.5. The Morgan fingerprint density at radius 1 is 0.970 bits per heavy atom. The summed E-state index contributed by atoms with van der Waals surface area (Å²) >= 11 is 0. The molecule has 33 heavy (non-hydrogen) atoms. The Kier molecular flexibility index (Phi) is 10.1. The fourth-order valence-electron chi connectivity index (χ4n) is 3.17. The fourth-order valence-corrected chi connectivity index (χ4v) is 3.17. The van der Waals surface area contributed by atoms with Crippen molar-refractivity contribution in [1.29, 1.82) is 0 Å². The van der Waals surface area contributed by atoms with E-state index in [2.05, 4.69) is 20.7 Å². The molecule has 0 saturated carbocycles. The van der Waals surface area contributed by atoms with Gasteiger partial charge in [-0.1, -0.05) is 36.4 Å². The van der Waals surface area contributed by atoms with Gasteiger partial charge in [0.25, 0.3) is 0 Å². The first-order valence-corrected chi connectivity index (χ1v) is 9.63. The number of carbonyl (C=O) groups is 1. The summed E-state index contributed by atoms with van der Waals surface area (Å²) in [6, 6.07) is 11.2. The molecular formula is C22H19F2N4NaO4. The SMILES string of the molecule is O=C([O-])C[C@H](O)C[C@H](O)/C=C/C(=C(c1ccc(F)cc1)c1ccc(F)cc1)C1N=NN=N1.[Na+]. The van der Waals surface area contributed by atoms with Crippen LogP contribution in [0.2, 0.25) is 0 Å². The quantitative estimate of drug-likeness (QED) is 0.391. The number of carbonyl (C=O) groups excluding carboxylic acids is 1. The molecule has 2 aromatic carbocycles. The summed E-state index contributed by atoms with van der Waals surface area (Å²) in [5.74, 6) is -2.32. The number of aliphatic hydroxyl groups is 2. The summed E-state index contributed by atoms with van der Waals surface area (Å²) < 4.78 is 27.0. The van der Waals surface area contributed by atoms with Gasteiger partial charge in [0.1, 0.15) is 11.6 Å². The van der Waals surface area contributed by atoms with E-state index < -0.39 is 42.4 Å². The maximum absolute atomic E-state index is 13.5. The van der Waals surface area contributed by atoms with E-state index in [0.717, 1.165) is 0 Å². The average Bonchev–Trinajstić information content (AvgIpc) is 3.27. The van der Waals surface area contributed by atoms with Crippen LogP contribution in [0.4, 0.5) is 8.78 Å². The van der Waals surface area contributed by atoms with Gasteiger partial charge in [0.05, 0.1) is 12.2 Å². The molecule has 1 aliphatic rings. The number of benzene rings is 2. The second-order valence-corrected chi connectivity index (χ2v) is 7.02. The number of carboxylic acids is 1. The zero-order valence-corrected chi connectivity index (χ0v) is 19.7. The van der Waals surface area contributed by atoms with Gasteiger partial charge in [-0.25, -0.2) is 8.78 Å². The molecule has 2 N–H and O–H groups in total. The number of nitrogens with zero attached hydrogens (tertiary/aromatic N) is 4. The van der Waals surface area contributed by atoms with E-state index in [1.807, 2.05) is 0 Å². The molecule has 11 heteroatoms. The molecule has 1 aliphatic heterocycles. The number of hydrogen-bond acceptors (Lipinski definition) is 8. The molecule has 0 unspecified atom stereocenters. The van der Waals surface area contributed by atoms with Crippen molar-refractivity contribution in [3.05, 3.63) is 89.0 Å². The molecule has 0 bridgehead atoms. The van der Waals surface area contributed by atoms with Crippen LogP contribution in [0.15, 0.2) is 86.9 Å². The van der Waals surface area contributed by atoms with E-state index in [1.54, 1.807) is 0 Å². The minimum absolute atomic E-state index is 0. The second kappa shape index (κ2) is 12.6. The predicted molar refractivity (Wildman–Crippen MR) is 108 cm³/mol. The van der Waals surface area contributed by atoms with Crippen molar-refractivity contribution in [3.8, 4) is 0 Å². The van der Waals surface area contributed by atoms with Gasteiger partial charge in [0.15, 0.2) is 0 Å². The summed E-state index contributed by atoms with van der Waals surface area (Å²) in [5, 5.41) is 45.5. The first-order chi connectivity index (χ1) is 15.3. The van der Waals surface area contributed by atoms with Gasteiger partial charge in [-0.3, -0.25) is 0 Å². The van der Waals surface area contributed by atoms with Gasteiger partial charge in [-0.05, 0) is 51.4 Å². The van der Waals surface area contributed by atoms with Crippen molar-refractivity contribution in [1.82, 2.24) is 0 Å². The molecule has 1 heterocycles. The Bertz CT molecular complexity index is 1010. The van der Waals surface area contributed by atoms with Crippen molar-refractivity contribution in [2.24, 2.45) is 20.7 Å². The summed E-state index contributed by atoms with van der Waals surface area (Å²) in [7, 11) is 0. The van der Waals surface area contributed by atoms with Crippen molar-refractivity contribution < 1.29 is 58.5 Å². The third kappa shape index (κ3) is 7.72. The van der Waals surface area contributed by atoms with Gasteiger partial charge in [-0.2, -0.15) is 0 Å². The topological polar surface area (TPSA) is 130 Å². The van der Waals surface area contributed by atoms with E-state index >= 15 is 0 Å². The fraction of sp³-hybridized carbons (Fsp3) is 0.227. The third-order valence-electron chi connectivity index (χ3n) is 4.61. The van der Waals surface area contributed by atoms with Crippen LogP contribution in [0.5, 0.6) is 0 Å². The molecule has 2 aromatic rings. The molecule has 0 radical (unpaired) electrons. The van der Waals surface area contributed by atoms with Crippen LogP contribution < -0.4 is 34.7 Å². The number of hydrogen-bond donors (Lipinski definition) is 2. The minimum atomic E-state index is -1.43. The molecular weight excluding hydrogens is 445 g/mol. The Balaban J connectivity index is 0.00000385. The zero-order chi connectivity index (χ0) is 23.1. The molecule has 3 rings (SSSR count). The normalized spacial score (nSPS) is 14.8. The van der Waals surface area contributed by atoms with Crippen LogP contribution in [0.1, 0.15) is 24.0 Å². The van der Waals surface area contributed by atoms with Crippen molar-refractivity contribution >= 4 is 11.5 Å². The van der Waals surface area contributed by atoms with E-state index in [9.17, 15) is 28.9 Å². The van der Waals surface area contributed by atoms with E-state index in [4.69, 9.17) is 0 Å². The zero-order valence-electron chi connectivity index (χ0n) is 17.7. The Labute approximate surface area is 210 Å². The minimum Gasteiger partial charge on any atom is -0.550 e. The summed E-state index contributed by atoms with van der Waals surface area (Å²) in [4.78, 5) is 10.6. The van der Waals surface area contributed by atoms with Crippen molar-refractivity contribution in [2.75, 3.05) is 0 Å². The van der Waals surface area contributed by atoms with Gasteiger partial charge >= 0.3 is 29.6 Å². The number of aliphatic carboxylic acids is 1. The molecule has 0 amide bonds. The van der Waals surface area contributed by atoms with Crippen LogP contribution in [0.3, 0.4) is 0 Å². The Morgan fingerprint density at radius 3 is 1.91 bits per heavy atom. The summed E-state index contributed by atoms with van der Waals surface area (Å²) in [6.45, 7) is 0. The monoisotopic (exact) mass is 464 g/mol. The van der Waals surface area contributed by atoms with E-state index in [-0.39, 0.29) is 36.0 Å². The van der Waals surface area contributed by atoms with Crippen LogP contribution >= 0.6 is 0 Å². The van der Waals surface area contributed by atoms with Gasteiger partial charge in [-0.15, -0.1) is 10.2 Å². The largest absolute Gasteiger partial charge is 1.00 e. The Hall–Kier alpha value is -2.63.